The van der Waals surface area contributed by atoms with Crippen LogP contribution in [-0.2, 0) is 0 Å². The average Bonchev–Trinajstić information content (AvgIpc) is 2.25. The molecule has 0 saturated carbocycles. The first-order valence-corrected chi connectivity index (χ1v) is 6.53. The lowest BCUT2D eigenvalue weighted by molar-refractivity contribution is 0.0797. The Morgan fingerprint density at radius 3 is 2.53 bits per heavy atom. The van der Waals surface area contributed by atoms with Gasteiger partial charge in [-0.1, -0.05) is 31.6 Å². The van der Waals surface area contributed by atoms with E-state index >= 15 is 0 Å². The minimum atomic E-state index is -0.476. The molecule has 0 bridgehead atoms. The van der Waals surface area contributed by atoms with E-state index < -0.39 is 12.2 Å². The van der Waals surface area contributed by atoms with Crippen LogP contribution in [0.2, 0.25) is 0 Å². The van der Waals surface area contributed by atoms with Crippen LogP contribution in [-0.4, -0.2) is 22.4 Å². The van der Waals surface area contributed by atoms with Crippen LogP contribution in [0.15, 0.2) is 23.3 Å². The summed E-state index contributed by atoms with van der Waals surface area (Å²) < 4.78 is 0. The largest absolute Gasteiger partial charge is 0.388 e. The number of aliphatic hydroxyl groups excluding tert-OH is 2. The van der Waals surface area contributed by atoms with Crippen LogP contribution in [0.5, 0.6) is 0 Å². The normalized spacial score (nSPS) is 37.3. The van der Waals surface area contributed by atoms with E-state index in [1.54, 1.807) is 0 Å². The molecule has 17 heavy (non-hydrogen) atoms. The summed E-state index contributed by atoms with van der Waals surface area (Å²) in [4.78, 5) is 0. The Hall–Kier alpha value is -0.600. The average molecular weight is 238 g/mol. The molecular weight excluding hydrogens is 212 g/mol. The van der Waals surface area contributed by atoms with Crippen LogP contribution >= 0.6 is 0 Å². The number of aliphatic hydroxyl groups is 2. The Labute approximate surface area is 105 Å². The second-order valence-electron chi connectivity index (χ2n) is 6.00. The van der Waals surface area contributed by atoms with Crippen molar-refractivity contribution < 1.29 is 10.2 Å². The topological polar surface area (TPSA) is 40.5 Å². The van der Waals surface area contributed by atoms with Gasteiger partial charge in [-0.15, -0.1) is 0 Å². The molecule has 1 aliphatic rings. The summed E-state index contributed by atoms with van der Waals surface area (Å²) in [5.74, 6) is 0. The van der Waals surface area contributed by atoms with Crippen LogP contribution in [0, 0.1) is 5.41 Å². The van der Waals surface area contributed by atoms with Crippen LogP contribution < -0.4 is 0 Å². The van der Waals surface area contributed by atoms with E-state index in [1.807, 2.05) is 13.0 Å². The van der Waals surface area contributed by atoms with E-state index in [2.05, 4.69) is 26.8 Å². The summed E-state index contributed by atoms with van der Waals surface area (Å²) >= 11 is 0. The third-order valence-corrected chi connectivity index (χ3v) is 3.83. The van der Waals surface area contributed by atoms with Gasteiger partial charge in [0, 0.05) is 0 Å². The number of allylic oxidation sites excluding steroid dienone is 1. The van der Waals surface area contributed by atoms with Crippen molar-refractivity contribution in [3.8, 4) is 0 Å². The summed E-state index contributed by atoms with van der Waals surface area (Å²) in [5.41, 5.74) is 2.09. The highest BCUT2D eigenvalue weighted by Crippen LogP contribution is 2.31. The fourth-order valence-corrected chi connectivity index (χ4v) is 2.16. The zero-order chi connectivity index (χ0) is 13.1. The molecule has 0 aromatic rings. The first kappa shape index (κ1) is 14.5. The molecule has 2 heteroatoms. The van der Waals surface area contributed by atoms with E-state index in [1.165, 1.54) is 5.57 Å². The summed E-state index contributed by atoms with van der Waals surface area (Å²) in [6, 6.07) is 0. The molecule has 0 radical (unpaired) electrons. The lowest BCUT2D eigenvalue weighted by Crippen LogP contribution is -2.28. The molecule has 0 heterocycles. The summed E-state index contributed by atoms with van der Waals surface area (Å²) in [6.45, 7) is 8.19. The van der Waals surface area contributed by atoms with Crippen LogP contribution in [0.25, 0.3) is 0 Å². The smallest absolute Gasteiger partial charge is 0.0782 e. The lowest BCUT2D eigenvalue weighted by atomic mass is 9.80. The van der Waals surface area contributed by atoms with Crippen LogP contribution in [0.4, 0.5) is 0 Å². The molecule has 0 aromatic carbocycles. The molecule has 0 unspecified atom stereocenters. The van der Waals surface area contributed by atoms with Gasteiger partial charge in [-0.25, -0.2) is 0 Å². The Balaban J connectivity index is 2.92. The highest BCUT2D eigenvalue weighted by atomic mass is 16.3. The van der Waals surface area contributed by atoms with E-state index in [-0.39, 0.29) is 5.41 Å². The predicted molar refractivity (Wildman–Crippen MR) is 71.8 cm³/mol. The van der Waals surface area contributed by atoms with Crippen molar-refractivity contribution in [3.63, 3.8) is 0 Å². The van der Waals surface area contributed by atoms with Gasteiger partial charge in [0.2, 0.25) is 0 Å². The molecule has 0 aliphatic heterocycles. The van der Waals surface area contributed by atoms with Crippen molar-refractivity contribution in [2.75, 3.05) is 0 Å². The lowest BCUT2D eigenvalue weighted by Gasteiger charge is -2.29. The van der Waals surface area contributed by atoms with Gasteiger partial charge < -0.3 is 10.2 Å². The molecule has 2 nitrogen and oxygen atoms in total. The monoisotopic (exact) mass is 238 g/mol. The van der Waals surface area contributed by atoms with Crippen molar-refractivity contribution in [2.45, 2.75) is 65.6 Å². The molecule has 0 saturated heterocycles. The molecule has 0 fully saturated rings. The molecule has 0 amide bonds. The summed E-state index contributed by atoms with van der Waals surface area (Å²) in [6.07, 6.45) is 6.80. The second-order valence-corrected chi connectivity index (χ2v) is 6.00. The van der Waals surface area contributed by atoms with Gasteiger partial charge >= 0.3 is 0 Å². The minimum Gasteiger partial charge on any atom is -0.388 e. The van der Waals surface area contributed by atoms with E-state index in [0.717, 1.165) is 24.8 Å². The van der Waals surface area contributed by atoms with Gasteiger partial charge in [-0.05, 0) is 50.5 Å². The predicted octanol–water partition coefficient (Wildman–Crippen LogP) is 3.20. The molecule has 0 aromatic heterocycles. The highest BCUT2D eigenvalue weighted by molar-refractivity contribution is 5.13. The van der Waals surface area contributed by atoms with Crippen molar-refractivity contribution in [3.05, 3.63) is 23.3 Å². The molecule has 1 rings (SSSR count). The number of hydrogen-bond donors (Lipinski definition) is 2. The zero-order valence-corrected chi connectivity index (χ0v) is 11.5. The third-order valence-electron chi connectivity index (χ3n) is 3.83. The van der Waals surface area contributed by atoms with E-state index in [9.17, 15) is 10.2 Å². The number of rotatable bonds is 0. The fraction of sp³-hybridized carbons (Fsp3) is 0.733. The molecule has 2 atom stereocenters. The Morgan fingerprint density at radius 2 is 1.88 bits per heavy atom. The summed E-state index contributed by atoms with van der Waals surface area (Å²) in [7, 11) is 0. The molecule has 98 valence electrons. The van der Waals surface area contributed by atoms with Gasteiger partial charge in [0.25, 0.3) is 0 Å². The maximum atomic E-state index is 10.2. The third kappa shape index (κ3) is 4.29. The molecular formula is C15H26O2. The molecule has 1 aliphatic carbocycles. The Morgan fingerprint density at radius 1 is 1.24 bits per heavy atom. The first-order chi connectivity index (χ1) is 7.83. The van der Waals surface area contributed by atoms with Gasteiger partial charge in [0.1, 0.15) is 0 Å². The van der Waals surface area contributed by atoms with Crippen molar-refractivity contribution in [1.29, 1.82) is 0 Å². The fourth-order valence-electron chi connectivity index (χ4n) is 2.16. The van der Waals surface area contributed by atoms with E-state index in [4.69, 9.17) is 0 Å². The second kappa shape index (κ2) is 5.83. The Bertz CT molecular complexity index is 313. The number of hydrogen-bond acceptors (Lipinski definition) is 2. The van der Waals surface area contributed by atoms with Crippen molar-refractivity contribution in [1.82, 2.24) is 0 Å². The maximum Gasteiger partial charge on any atom is 0.0782 e. The van der Waals surface area contributed by atoms with Gasteiger partial charge in [-0.3, -0.25) is 0 Å². The van der Waals surface area contributed by atoms with Crippen LogP contribution in [0.1, 0.15) is 53.4 Å². The van der Waals surface area contributed by atoms with Crippen molar-refractivity contribution >= 4 is 0 Å². The standard InChI is InChI=1S/C15H26O2/c1-11-6-5-9-15(3,4)14(17)10-12(2)13(16)8-7-11/h7,10,13-14,16-17H,5-6,8-9H2,1-4H3/b11-7+,12-10-/t13-,14+/m1/s1. The minimum absolute atomic E-state index is 0.119. The highest BCUT2D eigenvalue weighted by Gasteiger charge is 2.26. The van der Waals surface area contributed by atoms with E-state index in [0.29, 0.717) is 6.42 Å². The van der Waals surface area contributed by atoms with Crippen LogP contribution in [0.3, 0.4) is 0 Å². The van der Waals surface area contributed by atoms with Crippen molar-refractivity contribution in [2.24, 2.45) is 5.41 Å². The summed E-state index contributed by atoms with van der Waals surface area (Å²) in [5, 5.41) is 20.2. The quantitative estimate of drug-likeness (QED) is 0.636. The molecule has 0 spiro atoms. The SMILES string of the molecule is C/C1=C/[C@H](O)C(C)(C)CCC/C(C)=C/C[C@H]1O. The Kier molecular flexibility index (Phi) is 4.96. The maximum absolute atomic E-state index is 10.2. The zero-order valence-electron chi connectivity index (χ0n) is 11.5. The first-order valence-electron chi connectivity index (χ1n) is 6.53. The molecule has 2 N–H and O–H groups in total. The van der Waals surface area contributed by atoms with Gasteiger partial charge in [0.15, 0.2) is 0 Å². The van der Waals surface area contributed by atoms with Gasteiger partial charge in [-0.2, -0.15) is 0 Å². The van der Waals surface area contributed by atoms with Gasteiger partial charge in [0.05, 0.1) is 12.2 Å².